The van der Waals surface area contributed by atoms with Gasteiger partial charge in [0.05, 0.1) is 0 Å². The first-order valence-electron chi connectivity index (χ1n) is 5.92. The van der Waals surface area contributed by atoms with Crippen LogP contribution in [0, 0.1) is 0 Å². The van der Waals surface area contributed by atoms with Crippen LogP contribution in [-0.2, 0) is 11.2 Å². The molecule has 0 spiro atoms. The Morgan fingerprint density at radius 2 is 2.19 bits per heavy atom. The van der Waals surface area contributed by atoms with E-state index < -0.39 is 0 Å². The van der Waals surface area contributed by atoms with Gasteiger partial charge in [0.25, 0.3) is 5.56 Å². The van der Waals surface area contributed by atoms with Crippen LogP contribution < -0.4 is 5.56 Å². The van der Waals surface area contributed by atoms with E-state index in [1.54, 1.807) is 6.07 Å². The molecule has 1 N–H and O–H groups in total. The lowest BCUT2D eigenvalue weighted by molar-refractivity contribution is 0.0490. The van der Waals surface area contributed by atoms with E-state index in [0.717, 1.165) is 25.0 Å². The zero-order valence-electron chi connectivity index (χ0n) is 10.2. The van der Waals surface area contributed by atoms with Gasteiger partial charge in [0.2, 0.25) is 0 Å². The molecule has 1 aromatic rings. The van der Waals surface area contributed by atoms with Crippen LogP contribution in [0.1, 0.15) is 51.2 Å². The number of nitrogens with zero attached hydrogens (tertiary/aromatic N) is 1. The van der Waals surface area contributed by atoms with Crippen LogP contribution in [0.15, 0.2) is 10.9 Å². The van der Waals surface area contributed by atoms with Gasteiger partial charge in [-0.3, -0.25) is 4.79 Å². The van der Waals surface area contributed by atoms with Crippen molar-refractivity contribution >= 4 is 0 Å². The smallest absolute Gasteiger partial charge is 0.251 e. The molecule has 4 nitrogen and oxygen atoms in total. The quantitative estimate of drug-likeness (QED) is 0.806. The number of hydrogen-bond donors (Lipinski definition) is 1. The lowest BCUT2D eigenvalue weighted by Crippen LogP contribution is -2.17. The molecule has 1 rings (SSSR count). The van der Waals surface area contributed by atoms with Gasteiger partial charge in [-0.15, -0.1) is 0 Å². The van der Waals surface area contributed by atoms with E-state index >= 15 is 0 Å². The summed E-state index contributed by atoms with van der Waals surface area (Å²) in [5.41, 5.74) is 0.724. The summed E-state index contributed by atoms with van der Waals surface area (Å²) in [5, 5.41) is 0. The van der Waals surface area contributed by atoms with Crippen molar-refractivity contribution in [2.75, 3.05) is 6.61 Å². The van der Waals surface area contributed by atoms with Gasteiger partial charge in [0, 0.05) is 18.4 Å². The average molecular weight is 224 g/mol. The summed E-state index contributed by atoms with van der Waals surface area (Å²) < 4.78 is 5.59. The fourth-order valence-electron chi connectivity index (χ4n) is 1.62. The third-order valence-electron chi connectivity index (χ3n) is 2.40. The number of aromatic amines is 1. The van der Waals surface area contributed by atoms with Crippen molar-refractivity contribution in [3.8, 4) is 0 Å². The SMILES string of the molecule is CCCC(OCC)c1nc(CC)cc(=O)[nH]1. The zero-order chi connectivity index (χ0) is 12.0. The van der Waals surface area contributed by atoms with Crippen LogP contribution in [0.5, 0.6) is 0 Å². The Kier molecular flexibility index (Phi) is 5.19. The fraction of sp³-hybridized carbons (Fsp3) is 0.667. The highest BCUT2D eigenvalue weighted by atomic mass is 16.5. The van der Waals surface area contributed by atoms with Gasteiger partial charge in [-0.05, 0) is 19.8 Å². The molecule has 0 aliphatic rings. The van der Waals surface area contributed by atoms with Crippen LogP contribution in [0.3, 0.4) is 0 Å². The minimum atomic E-state index is -0.0948. The van der Waals surface area contributed by atoms with Crippen LogP contribution in [-0.4, -0.2) is 16.6 Å². The Morgan fingerprint density at radius 3 is 2.75 bits per heavy atom. The van der Waals surface area contributed by atoms with Gasteiger partial charge in [0.1, 0.15) is 11.9 Å². The van der Waals surface area contributed by atoms with Crippen LogP contribution >= 0.6 is 0 Å². The monoisotopic (exact) mass is 224 g/mol. The van der Waals surface area contributed by atoms with E-state index in [1.807, 2.05) is 13.8 Å². The molecule has 0 radical (unpaired) electrons. The Balaban J connectivity index is 2.98. The molecule has 0 aromatic carbocycles. The maximum absolute atomic E-state index is 11.4. The van der Waals surface area contributed by atoms with Crippen LogP contribution in [0.4, 0.5) is 0 Å². The van der Waals surface area contributed by atoms with Crippen molar-refractivity contribution in [1.29, 1.82) is 0 Å². The van der Waals surface area contributed by atoms with E-state index in [4.69, 9.17) is 4.74 Å². The van der Waals surface area contributed by atoms with Gasteiger partial charge < -0.3 is 9.72 Å². The fourth-order valence-corrected chi connectivity index (χ4v) is 1.62. The van der Waals surface area contributed by atoms with Crippen LogP contribution in [0.25, 0.3) is 0 Å². The second kappa shape index (κ2) is 6.43. The van der Waals surface area contributed by atoms with Crippen molar-refractivity contribution in [2.45, 2.75) is 46.1 Å². The number of aromatic nitrogens is 2. The van der Waals surface area contributed by atoms with Gasteiger partial charge in [-0.25, -0.2) is 4.98 Å². The highest BCUT2D eigenvalue weighted by molar-refractivity contribution is 5.04. The summed E-state index contributed by atoms with van der Waals surface area (Å²) in [5.74, 6) is 0.660. The number of aryl methyl sites for hydroxylation is 1. The van der Waals surface area contributed by atoms with E-state index in [2.05, 4.69) is 16.9 Å². The molecule has 0 bridgehead atoms. The molecule has 16 heavy (non-hydrogen) atoms. The molecule has 0 amide bonds. The third-order valence-corrected chi connectivity index (χ3v) is 2.40. The molecule has 90 valence electrons. The summed E-state index contributed by atoms with van der Waals surface area (Å²) >= 11 is 0. The van der Waals surface area contributed by atoms with E-state index in [1.165, 1.54) is 0 Å². The minimum Gasteiger partial charge on any atom is -0.371 e. The first-order valence-corrected chi connectivity index (χ1v) is 5.92. The van der Waals surface area contributed by atoms with E-state index in [0.29, 0.717) is 12.4 Å². The number of ether oxygens (including phenoxy) is 1. The summed E-state index contributed by atoms with van der Waals surface area (Å²) in [4.78, 5) is 18.6. The lowest BCUT2D eigenvalue weighted by atomic mass is 10.2. The topological polar surface area (TPSA) is 55.0 Å². The number of nitrogens with one attached hydrogen (secondary N) is 1. The Morgan fingerprint density at radius 1 is 1.44 bits per heavy atom. The molecule has 1 aromatic heterocycles. The van der Waals surface area contributed by atoms with Gasteiger partial charge >= 0.3 is 0 Å². The molecule has 0 fully saturated rings. The molecule has 1 atom stereocenters. The molecule has 0 saturated carbocycles. The molecular weight excluding hydrogens is 204 g/mol. The summed E-state index contributed by atoms with van der Waals surface area (Å²) in [6, 6.07) is 1.54. The van der Waals surface area contributed by atoms with Gasteiger partial charge in [-0.2, -0.15) is 0 Å². The van der Waals surface area contributed by atoms with Gasteiger partial charge in [0.15, 0.2) is 0 Å². The number of hydrogen-bond acceptors (Lipinski definition) is 3. The van der Waals surface area contributed by atoms with E-state index in [9.17, 15) is 4.79 Å². The predicted octanol–water partition coefficient (Wildman–Crippen LogP) is 2.21. The standard InChI is InChI=1S/C12H20N2O2/c1-4-7-10(16-6-3)12-13-9(5-2)8-11(15)14-12/h8,10H,4-7H2,1-3H3,(H,13,14,15). The van der Waals surface area contributed by atoms with Crippen molar-refractivity contribution < 1.29 is 4.74 Å². The molecule has 1 unspecified atom stereocenters. The maximum atomic E-state index is 11.4. The Labute approximate surface area is 96.1 Å². The van der Waals surface area contributed by atoms with Gasteiger partial charge in [-0.1, -0.05) is 20.3 Å². The molecule has 1 heterocycles. The molecule has 4 heteroatoms. The Hall–Kier alpha value is -1.16. The molecule has 0 saturated heterocycles. The summed E-state index contributed by atoms with van der Waals surface area (Å²) in [7, 11) is 0. The normalized spacial score (nSPS) is 12.7. The number of H-pyrrole nitrogens is 1. The Bertz CT molecular complexity index is 368. The average Bonchev–Trinajstić information content (AvgIpc) is 2.28. The number of rotatable bonds is 6. The highest BCUT2D eigenvalue weighted by Gasteiger charge is 2.13. The maximum Gasteiger partial charge on any atom is 0.251 e. The summed E-state index contributed by atoms with van der Waals surface area (Å²) in [6.45, 7) is 6.66. The largest absolute Gasteiger partial charge is 0.371 e. The predicted molar refractivity (Wildman–Crippen MR) is 63.5 cm³/mol. The second-order valence-corrected chi connectivity index (χ2v) is 3.71. The highest BCUT2D eigenvalue weighted by Crippen LogP contribution is 2.18. The zero-order valence-corrected chi connectivity index (χ0v) is 10.2. The van der Waals surface area contributed by atoms with Crippen molar-refractivity contribution in [3.05, 3.63) is 27.9 Å². The van der Waals surface area contributed by atoms with Crippen molar-refractivity contribution in [3.63, 3.8) is 0 Å². The molecular formula is C12H20N2O2. The minimum absolute atomic E-state index is 0.0887. The lowest BCUT2D eigenvalue weighted by Gasteiger charge is -2.15. The van der Waals surface area contributed by atoms with E-state index in [-0.39, 0.29) is 11.7 Å². The summed E-state index contributed by atoms with van der Waals surface area (Å²) in [6.07, 6.45) is 2.56. The first-order chi connectivity index (χ1) is 7.71. The van der Waals surface area contributed by atoms with Crippen molar-refractivity contribution in [2.24, 2.45) is 0 Å². The second-order valence-electron chi connectivity index (χ2n) is 3.71. The first kappa shape index (κ1) is 12.9. The van der Waals surface area contributed by atoms with Crippen LogP contribution in [0.2, 0.25) is 0 Å². The molecule has 0 aliphatic heterocycles. The molecule has 0 aliphatic carbocycles. The third kappa shape index (κ3) is 3.45. The van der Waals surface area contributed by atoms with Crippen molar-refractivity contribution in [1.82, 2.24) is 9.97 Å².